The Morgan fingerprint density at radius 1 is 1.59 bits per heavy atom. The lowest BCUT2D eigenvalue weighted by Gasteiger charge is -2.21. The summed E-state index contributed by atoms with van der Waals surface area (Å²) in [7, 11) is 0. The SMILES string of the molecule is CC(C)(CNc1cc(Cl)ccc1C#N)C(N)=O. The van der Waals surface area contributed by atoms with Crippen molar-refractivity contribution in [1.82, 2.24) is 0 Å². The summed E-state index contributed by atoms with van der Waals surface area (Å²) in [6.45, 7) is 3.81. The highest BCUT2D eigenvalue weighted by Gasteiger charge is 2.24. The minimum absolute atomic E-state index is 0.345. The van der Waals surface area contributed by atoms with Crippen molar-refractivity contribution < 1.29 is 4.79 Å². The highest BCUT2D eigenvalue weighted by Crippen LogP contribution is 2.22. The van der Waals surface area contributed by atoms with Crippen LogP contribution in [-0.2, 0) is 4.79 Å². The largest absolute Gasteiger partial charge is 0.383 e. The number of rotatable bonds is 4. The van der Waals surface area contributed by atoms with Gasteiger partial charge in [0.25, 0.3) is 0 Å². The van der Waals surface area contributed by atoms with Gasteiger partial charge in [-0.3, -0.25) is 4.79 Å². The molecule has 0 fully saturated rings. The second-order valence-electron chi connectivity index (χ2n) is 4.40. The molecule has 1 aromatic carbocycles. The molecule has 0 aliphatic rings. The van der Waals surface area contributed by atoms with Crippen molar-refractivity contribution in [2.45, 2.75) is 13.8 Å². The van der Waals surface area contributed by atoms with E-state index in [-0.39, 0.29) is 0 Å². The summed E-state index contributed by atoms with van der Waals surface area (Å²) in [5.41, 5.74) is 5.67. The van der Waals surface area contributed by atoms with Crippen molar-refractivity contribution in [3.05, 3.63) is 28.8 Å². The zero-order valence-electron chi connectivity index (χ0n) is 9.75. The van der Waals surface area contributed by atoms with Gasteiger partial charge < -0.3 is 11.1 Å². The van der Waals surface area contributed by atoms with Crippen molar-refractivity contribution in [2.24, 2.45) is 11.1 Å². The minimum Gasteiger partial charge on any atom is -0.383 e. The number of hydrogen-bond acceptors (Lipinski definition) is 3. The number of nitrogens with two attached hydrogens (primary N) is 1. The summed E-state index contributed by atoms with van der Waals surface area (Å²) in [4.78, 5) is 11.2. The zero-order chi connectivity index (χ0) is 13.1. The van der Waals surface area contributed by atoms with Crippen LogP contribution in [0, 0.1) is 16.7 Å². The van der Waals surface area contributed by atoms with E-state index in [1.54, 1.807) is 32.0 Å². The van der Waals surface area contributed by atoms with Crippen LogP contribution in [0.4, 0.5) is 5.69 Å². The fourth-order valence-corrected chi connectivity index (χ4v) is 1.34. The van der Waals surface area contributed by atoms with E-state index in [9.17, 15) is 4.79 Å². The molecule has 0 aliphatic heterocycles. The van der Waals surface area contributed by atoms with Gasteiger partial charge in [0.1, 0.15) is 6.07 Å². The van der Waals surface area contributed by atoms with Crippen LogP contribution in [0.1, 0.15) is 19.4 Å². The van der Waals surface area contributed by atoms with Gasteiger partial charge >= 0.3 is 0 Å². The predicted octanol–water partition coefficient (Wildman–Crippen LogP) is 2.14. The Balaban J connectivity index is 2.86. The van der Waals surface area contributed by atoms with Gasteiger partial charge in [-0.1, -0.05) is 11.6 Å². The van der Waals surface area contributed by atoms with Crippen LogP contribution < -0.4 is 11.1 Å². The fraction of sp³-hybridized carbons (Fsp3) is 0.333. The zero-order valence-corrected chi connectivity index (χ0v) is 10.5. The first-order chi connectivity index (χ1) is 7.86. The minimum atomic E-state index is -0.685. The first-order valence-corrected chi connectivity index (χ1v) is 5.48. The Morgan fingerprint density at radius 2 is 2.24 bits per heavy atom. The highest BCUT2D eigenvalue weighted by atomic mass is 35.5. The monoisotopic (exact) mass is 251 g/mol. The molecule has 0 atom stereocenters. The molecule has 0 saturated heterocycles. The second-order valence-corrected chi connectivity index (χ2v) is 4.84. The van der Waals surface area contributed by atoms with E-state index in [4.69, 9.17) is 22.6 Å². The van der Waals surface area contributed by atoms with Crippen LogP contribution in [0.15, 0.2) is 18.2 Å². The second kappa shape index (κ2) is 5.07. The fourth-order valence-electron chi connectivity index (χ4n) is 1.16. The molecule has 0 bridgehead atoms. The third kappa shape index (κ3) is 3.36. The van der Waals surface area contributed by atoms with Gasteiger partial charge in [-0.05, 0) is 32.0 Å². The van der Waals surface area contributed by atoms with Crippen LogP contribution >= 0.6 is 11.6 Å². The van der Waals surface area contributed by atoms with E-state index in [1.807, 2.05) is 0 Å². The Kier molecular flexibility index (Phi) is 3.97. The third-order valence-corrected chi connectivity index (χ3v) is 2.72. The van der Waals surface area contributed by atoms with Crippen molar-refractivity contribution >= 4 is 23.2 Å². The van der Waals surface area contributed by atoms with E-state index < -0.39 is 11.3 Å². The van der Waals surface area contributed by atoms with Crippen LogP contribution in [0.5, 0.6) is 0 Å². The number of anilines is 1. The molecule has 1 rings (SSSR count). The van der Waals surface area contributed by atoms with Crippen LogP contribution in [0.3, 0.4) is 0 Å². The van der Waals surface area contributed by atoms with E-state index in [2.05, 4.69) is 11.4 Å². The standard InChI is InChI=1S/C12H14ClN3O/c1-12(2,11(15)17)7-16-10-5-9(13)4-3-8(10)6-14/h3-5,16H,7H2,1-2H3,(H2,15,17). The molecule has 0 aliphatic carbocycles. The van der Waals surface area contributed by atoms with E-state index in [0.29, 0.717) is 22.8 Å². The van der Waals surface area contributed by atoms with Gasteiger partial charge in [0.15, 0.2) is 0 Å². The highest BCUT2D eigenvalue weighted by molar-refractivity contribution is 6.30. The Labute approximate surface area is 105 Å². The smallest absolute Gasteiger partial charge is 0.224 e. The van der Waals surface area contributed by atoms with Crippen molar-refractivity contribution in [1.29, 1.82) is 5.26 Å². The molecule has 1 aromatic rings. The molecule has 0 radical (unpaired) electrons. The number of nitrogens with zero attached hydrogens (tertiary/aromatic N) is 1. The van der Waals surface area contributed by atoms with E-state index in [1.165, 1.54) is 0 Å². The van der Waals surface area contributed by atoms with Gasteiger partial charge in [-0.25, -0.2) is 0 Å². The molecule has 1 amide bonds. The molecule has 3 N–H and O–H groups in total. The first kappa shape index (κ1) is 13.3. The van der Waals surface area contributed by atoms with Crippen molar-refractivity contribution in [3.8, 4) is 6.07 Å². The molecular formula is C12H14ClN3O. The molecule has 5 heteroatoms. The van der Waals surface area contributed by atoms with Gasteiger partial charge in [0.05, 0.1) is 16.7 Å². The molecule has 4 nitrogen and oxygen atoms in total. The Bertz CT molecular complexity index is 477. The van der Waals surface area contributed by atoms with E-state index >= 15 is 0 Å². The van der Waals surface area contributed by atoms with Crippen molar-refractivity contribution in [3.63, 3.8) is 0 Å². The maximum Gasteiger partial charge on any atom is 0.224 e. The topological polar surface area (TPSA) is 78.9 Å². The predicted molar refractivity (Wildman–Crippen MR) is 67.6 cm³/mol. The molecule has 90 valence electrons. The normalized spacial score (nSPS) is 10.7. The van der Waals surface area contributed by atoms with Crippen LogP contribution in [-0.4, -0.2) is 12.5 Å². The van der Waals surface area contributed by atoms with Gasteiger partial charge in [0.2, 0.25) is 5.91 Å². The Morgan fingerprint density at radius 3 is 2.76 bits per heavy atom. The number of nitriles is 1. The average Bonchev–Trinajstić information content (AvgIpc) is 2.26. The van der Waals surface area contributed by atoms with Gasteiger partial charge in [-0.2, -0.15) is 5.26 Å². The van der Waals surface area contributed by atoms with Gasteiger partial charge in [-0.15, -0.1) is 0 Å². The summed E-state index contributed by atoms with van der Waals surface area (Å²) in [5, 5.41) is 12.5. The molecule has 0 unspecified atom stereocenters. The number of halogens is 1. The number of amides is 1. The van der Waals surface area contributed by atoms with Crippen LogP contribution in [0.25, 0.3) is 0 Å². The molecule has 0 saturated carbocycles. The number of nitrogens with one attached hydrogen (secondary N) is 1. The number of carbonyl (C=O) groups is 1. The quantitative estimate of drug-likeness (QED) is 0.860. The molecular weight excluding hydrogens is 238 g/mol. The first-order valence-electron chi connectivity index (χ1n) is 5.10. The lowest BCUT2D eigenvalue weighted by atomic mass is 9.92. The number of carbonyl (C=O) groups excluding carboxylic acids is 1. The number of benzene rings is 1. The van der Waals surface area contributed by atoms with Crippen LogP contribution in [0.2, 0.25) is 5.02 Å². The van der Waals surface area contributed by atoms with Crippen molar-refractivity contribution in [2.75, 3.05) is 11.9 Å². The molecule has 17 heavy (non-hydrogen) atoms. The molecule has 0 heterocycles. The maximum absolute atomic E-state index is 11.2. The lowest BCUT2D eigenvalue weighted by molar-refractivity contribution is -0.125. The summed E-state index contributed by atoms with van der Waals surface area (Å²) in [5.74, 6) is -0.398. The number of hydrogen-bond donors (Lipinski definition) is 2. The Hall–Kier alpha value is -1.73. The summed E-state index contributed by atoms with van der Waals surface area (Å²) < 4.78 is 0. The third-order valence-electron chi connectivity index (χ3n) is 2.49. The lowest BCUT2D eigenvalue weighted by Crippen LogP contribution is -2.37. The maximum atomic E-state index is 11.2. The van der Waals surface area contributed by atoms with Gasteiger partial charge in [0, 0.05) is 11.6 Å². The summed E-state index contributed by atoms with van der Waals surface area (Å²) >= 11 is 5.85. The molecule has 0 aromatic heterocycles. The van der Waals surface area contributed by atoms with E-state index in [0.717, 1.165) is 0 Å². The summed E-state index contributed by atoms with van der Waals surface area (Å²) in [6.07, 6.45) is 0. The molecule has 0 spiro atoms. The average molecular weight is 252 g/mol. The summed E-state index contributed by atoms with van der Waals surface area (Å²) in [6, 6.07) is 6.97. The number of primary amides is 1.